The summed E-state index contributed by atoms with van der Waals surface area (Å²) in [5.41, 5.74) is 1.13. The van der Waals surface area contributed by atoms with Gasteiger partial charge in [0.05, 0.1) is 21.7 Å². The van der Waals surface area contributed by atoms with Crippen LogP contribution in [0.3, 0.4) is 0 Å². The number of hydrogen-bond acceptors (Lipinski definition) is 2. The molecule has 0 spiro atoms. The fourth-order valence-electron chi connectivity index (χ4n) is 1.55. The molecule has 0 aliphatic heterocycles. The van der Waals surface area contributed by atoms with E-state index in [2.05, 4.69) is 0 Å². The lowest BCUT2D eigenvalue weighted by Crippen LogP contribution is -1.98. The molecule has 0 heterocycles. The van der Waals surface area contributed by atoms with Crippen LogP contribution in [-0.2, 0) is 6.61 Å². The standard InChI is InChI=1S/C14H7Cl4NO/c15-10-2-1-9(11(16)5-10)7-20-14-12(17)3-8(6-19)4-13(14)18/h1-5H,7H2. The molecule has 0 N–H and O–H groups in total. The Balaban J connectivity index is 2.21. The zero-order valence-electron chi connectivity index (χ0n) is 9.96. The molecule has 20 heavy (non-hydrogen) atoms. The van der Waals surface area contributed by atoms with Gasteiger partial charge in [0.25, 0.3) is 0 Å². The number of halogens is 4. The Hall–Kier alpha value is -1.11. The summed E-state index contributed by atoms with van der Waals surface area (Å²) in [6.07, 6.45) is 0. The SMILES string of the molecule is N#Cc1cc(Cl)c(OCc2ccc(Cl)cc2Cl)c(Cl)c1. The van der Waals surface area contributed by atoms with E-state index in [1.54, 1.807) is 18.2 Å². The Morgan fingerprint density at radius 2 is 1.60 bits per heavy atom. The molecule has 0 fully saturated rings. The highest BCUT2D eigenvalue weighted by Crippen LogP contribution is 2.35. The number of benzene rings is 2. The molecule has 0 aliphatic rings. The average molecular weight is 347 g/mol. The van der Waals surface area contributed by atoms with E-state index in [-0.39, 0.29) is 16.7 Å². The molecule has 0 radical (unpaired) electrons. The summed E-state index contributed by atoms with van der Waals surface area (Å²) in [6.45, 7) is 0.196. The van der Waals surface area contributed by atoms with Gasteiger partial charge in [-0.05, 0) is 24.3 Å². The van der Waals surface area contributed by atoms with Crippen molar-refractivity contribution in [1.29, 1.82) is 5.26 Å². The zero-order chi connectivity index (χ0) is 14.7. The lowest BCUT2D eigenvalue weighted by Gasteiger charge is -2.11. The number of hydrogen-bond donors (Lipinski definition) is 0. The highest BCUT2D eigenvalue weighted by Gasteiger charge is 2.11. The number of nitrogens with zero attached hydrogens (tertiary/aromatic N) is 1. The number of ether oxygens (including phenoxy) is 1. The van der Waals surface area contributed by atoms with E-state index in [0.717, 1.165) is 5.56 Å². The van der Waals surface area contributed by atoms with Gasteiger partial charge >= 0.3 is 0 Å². The van der Waals surface area contributed by atoms with E-state index < -0.39 is 0 Å². The molecule has 0 amide bonds. The molecule has 6 heteroatoms. The Morgan fingerprint density at radius 1 is 0.950 bits per heavy atom. The first-order valence-electron chi connectivity index (χ1n) is 5.47. The molecule has 0 bridgehead atoms. The Kier molecular flexibility index (Phi) is 5.01. The fourth-order valence-corrected chi connectivity index (χ4v) is 2.61. The molecule has 2 aromatic rings. The molecule has 0 atom stereocenters. The molecule has 102 valence electrons. The van der Waals surface area contributed by atoms with Gasteiger partial charge in [0, 0.05) is 15.6 Å². The molecular formula is C14H7Cl4NO. The van der Waals surface area contributed by atoms with Gasteiger partial charge in [0.2, 0.25) is 0 Å². The summed E-state index contributed by atoms with van der Waals surface area (Å²) < 4.78 is 5.57. The summed E-state index contributed by atoms with van der Waals surface area (Å²) >= 11 is 23.9. The second-order valence-corrected chi connectivity index (χ2v) is 5.56. The van der Waals surface area contributed by atoms with E-state index in [9.17, 15) is 0 Å². The van der Waals surface area contributed by atoms with Crippen LogP contribution < -0.4 is 4.74 Å². The van der Waals surface area contributed by atoms with Crippen molar-refractivity contribution in [2.75, 3.05) is 0 Å². The first kappa shape index (κ1) is 15.3. The third-order valence-corrected chi connectivity index (χ3v) is 3.66. The maximum Gasteiger partial charge on any atom is 0.157 e. The van der Waals surface area contributed by atoms with Crippen molar-refractivity contribution < 1.29 is 4.74 Å². The van der Waals surface area contributed by atoms with Crippen LogP contribution in [0.4, 0.5) is 0 Å². The summed E-state index contributed by atoms with van der Waals surface area (Å²) in [7, 11) is 0. The van der Waals surface area contributed by atoms with Crippen molar-refractivity contribution in [3.63, 3.8) is 0 Å². The van der Waals surface area contributed by atoms with Crippen LogP contribution in [0, 0.1) is 11.3 Å². The van der Waals surface area contributed by atoms with Crippen LogP contribution in [0.15, 0.2) is 30.3 Å². The second kappa shape index (κ2) is 6.56. The van der Waals surface area contributed by atoms with Crippen LogP contribution in [-0.4, -0.2) is 0 Å². The minimum absolute atomic E-state index is 0.196. The van der Waals surface area contributed by atoms with Crippen molar-refractivity contribution in [3.05, 3.63) is 61.5 Å². The van der Waals surface area contributed by atoms with Gasteiger partial charge in [-0.2, -0.15) is 5.26 Å². The smallest absolute Gasteiger partial charge is 0.157 e. The summed E-state index contributed by atoms with van der Waals surface area (Å²) in [4.78, 5) is 0. The maximum absolute atomic E-state index is 8.81. The van der Waals surface area contributed by atoms with Crippen molar-refractivity contribution in [2.24, 2.45) is 0 Å². The molecule has 2 nitrogen and oxygen atoms in total. The first-order chi connectivity index (χ1) is 9.51. The fraction of sp³-hybridized carbons (Fsp3) is 0.0714. The lowest BCUT2D eigenvalue weighted by atomic mass is 10.2. The Morgan fingerprint density at radius 3 is 2.15 bits per heavy atom. The topological polar surface area (TPSA) is 33.0 Å². The summed E-state index contributed by atoms with van der Waals surface area (Å²) in [5.74, 6) is 0.318. The van der Waals surface area contributed by atoms with Gasteiger partial charge in [0.15, 0.2) is 5.75 Å². The summed E-state index contributed by atoms with van der Waals surface area (Å²) in [6, 6.07) is 10.1. The zero-order valence-corrected chi connectivity index (χ0v) is 13.0. The van der Waals surface area contributed by atoms with E-state index in [1.807, 2.05) is 6.07 Å². The van der Waals surface area contributed by atoms with E-state index in [1.165, 1.54) is 12.1 Å². The minimum atomic E-state index is 0.196. The molecule has 0 aromatic heterocycles. The van der Waals surface area contributed by atoms with E-state index in [4.69, 9.17) is 56.4 Å². The van der Waals surface area contributed by atoms with Crippen molar-refractivity contribution >= 4 is 46.4 Å². The highest BCUT2D eigenvalue weighted by atomic mass is 35.5. The van der Waals surface area contributed by atoms with Crippen molar-refractivity contribution in [3.8, 4) is 11.8 Å². The molecule has 0 saturated heterocycles. The molecular weight excluding hydrogens is 340 g/mol. The van der Waals surface area contributed by atoms with E-state index >= 15 is 0 Å². The van der Waals surface area contributed by atoms with Crippen LogP contribution in [0.1, 0.15) is 11.1 Å². The van der Waals surface area contributed by atoms with Crippen LogP contribution in [0.5, 0.6) is 5.75 Å². The predicted octanol–water partition coefficient (Wildman–Crippen LogP) is 5.75. The van der Waals surface area contributed by atoms with Crippen molar-refractivity contribution in [2.45, 2.75) is 6.61 Å². The molecule has 0 saturated carbocycles. The molecule has 0 aliphatic carbocycles. The van der Waals surface area contributed by atoms with Gasteiger partial charge in [-0.15, -0.1) is 0 Å². The van der Waals surface area contributed by atoms with Crippen molar-refractivity contribution in [1.82, 2.24) is 0 Å². The highest BCUT2D eigenvalue weighted by molar-refractivity contribution is 6.37. The molecule has 2 aromatic carbocycles. The Bertz CT molecular complexity index is 671. The minimum Gasteiger partial charge on any atom is -0.486 e. The summed E-state index contributed by atoms with van der Waals surface area (Å²) in [5, 5.41) is 10.4. The van der Waals surface area contributed by atoms with Gasteiger partial charge in [-0.3, -0.25) is 0 Å². The number of rotatable bonds is 3. The third kappa shape index (κ3) is 3.50. The van der Waals surface area contributed by atoms with Crippen LogP contribution >= 0.6 is 46.4 Å². The first-order valence-corrected chi connectivity index (χ1v) is 6.98. The maximum atomic E-state index is 8.81. The van der Waals surface area contributed by atoms with Gasteiger partial charge in [0.1, 0.15) is 6.61 Å². The lowest BCUT2D eigenvalue weighted by molar-refractivity contribution is 0.306. The average Bonchev–Trinajstić information content (AvgIpc) is 2.39. The van der Waals surface area contributed by atoms with Crippen LogP contribution in [0.2, 0.25) is 20.1 Å². The predicted molar refractivity (Wildman–Crippen MR) is 82.0 cm³/mol. The van der Waals surface area contributed by atoms with Gasteiger partial charge < -0.3 is 4.74 Å². The van der Waals surface area contributed by atoms with E-state index in [0.29, 0.717) is 21.4 Å². The largest absolute Gasteiger partial charge is 0.486 e. The Labute approximate surface area is 136 Å². The second-order valence-electron chi connectivity index (χ2n) is 3.91. The third-order valence-electron chi connectivity index (χ3n) is 2.51. The monoisotopic (exact) mass is 345 g/mol. The quantitative estimate of drug-likeness (QED) is 0.708. The van der Waals surface area contributed by atoms with Gasteiger partial charge in [-0.1, -0.05) is 52.5 Å². The van der Waals surface area contributed by atoms with Crippen LogP contribution in [0.25, 0.3) is 0 Å². The molecule has 2 rings (SSSR count). The normalized spacial score (nSPS) is 10.2. The number of nitriles is 1. The molecule has 0 unspecified atom stereocenters. The van der Waals surface area contributed by atoms with Gasteiger partial charge in [-0.25, -0.2) is 0 Å².